The number of hydrogen-bond acceptors (Lipinski definition) is 5. The van der Waals surface area contributed by atoms with Gasteiger partial charge in [-0.05, 0) is 31.5 Å². The maximum atomic E-state index is 11.8. The molecule has 0 aliphatic carbocycles. The Bertz CT molecular complexity index is 578. The molecule has 1 aromatic rings. The van der Waals surface area contributed by atoms with Gasteiger partial charge >= 0.3 is 5.97 Å². The minimum Gasteiger partial charge on any atom is -0.491 e. The minimum absolute atomic E-state index is 0.0544. The Morgan fingerprint density at radius 2 is 2.09 bits per heavy atom. The number of nitriles is 1. The lowest BCUT2D eigenvalue weighted by Gasteiger charge is -2.15. The standard InChI is InChI=1S/C17H22N2O4/c1-13(2)23-15-7-4-6-14(10-15)11-17(21)22-12-16(20)19(3)9-5-8-18/h4,6-7,10,13H,5,9,11-12H2,1-3H3. The molecule has 0 bridgehead atoms. The summed E-state index contributed by atoms with van der Waals surface area (Å²) in [5.41, 5.74) is 0.762. The van der Waals surface area contributed by atoms with Crippen molar-refractivity contribution in [3.63, 3.8) is 0 Å². The molecule has 124 valence electrons. The smallest absolute Gasteiger partial charge is 0.310 e. The molecule has 0 spiro atoms. The highest BCUT2D eigenvalue weighted by molar-refractivity contribution is 5.81. The third kappa shape index (κ3) is 7.32. The SMILES string of the molecule is CC(C)Oc1cccc(CC(=O)OCC(=O)N(C)CCC#N)c1. The van der Waals surface area contributed by atoms with Crippen molar-refractivity contribution in [3.05, 3.63) is 29.8 Å². The van der Waals surface area contributed by atoms with E-state index in [1.54, 1.807) is 25.2 Å². The molecule has 23 heavy (non-hydrogen) atoms. The van der Waals surface area contributed by atoms with Crippen molar-refractivity contribution >= 4 is 11.9 Å². The first-order valence-electron chi connectivity index (χ1n) is 7.44. The third-order valence-corrected chi connectivity index (χ3v) is 2.96. The van der Waals surface area contributed by atoms with Gasteiger partial charge in [0.25, 0.3) is 5.91 Å². The number of likely N-dealkylation sites (N-methyl/N-ethyl adjacent to an activating group) is 1. The fraction of sp³-hybridized carbons (Fsp3) is 0.471. The van der Waals surface area contributed by atoms with Crippen LogP contribution in [0, 0.1) is 11.3 Å². The van der Waals surface area contributed by atoms with E-state index >= 15 is 0 Å². The van der Waals surface area contributed by atoms with Gasteiger partial charge in [0, 0.05) is 13.6 Å². The topological polar surface area (TPSA) is 79.6 Å². The van der Waals surface area contributed by atoms with Crippen molar-refractivity contribution in [1.29, 1.82) is 5.26 Å². The second kappa shape index (κ2) is 9.46. The van der Waals surface area contributed by atoms with Gasteiger partial charge in [0.2, 0.25) is 0 Å². The van der Waals surface area contributed by atoms with E-state index in [-0.39, 0.29) is 31.5 Å². The Kier molecular flexibility index (Phi) is 7.61. The van der Waals surface area contributed by atoms with Crippen LogP contribution in [0.4, 0.5) is 0 Å². The van der Waals surface area contributed by atoms with Crippen LogP contribution in [-0.2, 0) is 20.7 Å². The zero-order valence-electron chi connectivity index (χ0n) is 13.7. The fourth-order valence-electron chi connectivity index (χ4n) is 1.81. The van der Waals surface area contributed by atoms with Gasteiger partial charge < -0.3 is 14.4 Å². The largest absolute Gasteiger partial charge is 0.491 e. The summed E-state index contributed by atoms with van der Waals surface area (Å²) in [6.45, 7) is 3.86. The first-order valence-corrected chi connectivity index (χ1v) is 7.44. The number of hydrogen-bond donors (Lipinski definition) is 0. The van der Waals surface area contributed by atoms with Crippen molar-refractivity contribution in [2.45, 2.75) is 32.8 Å². The Morgan fingerprint density at radius 1 is 1.35 bits per heavy atom. The van der Waals surface area contributed by atoms with E-state index in [1.807, 2.05) is 26.0 Å². The van der Waals surface area contributed by atoms with E-state index < -0.39 is 5.97 Å². The quantitative estimate of drug-likeness (QED) is 0.684. The van der Waals surface area contributed by atoms with Crippen molar-refractivity contribution in [2.24, 2.45) is 0 Å². The average molecular weight is 318 g/mol. The first-order chi connectivity index (χ1) is 10.9. The molecule has 1 rings (SSSR count). The molecule has 1 amide bonds. The number of ether oxygens (including phenoxy) is 2. The molecule has 0 aromatic heterocycles. The summed E-state index contributed by atoms with van der Waals surface area (Å²) >= 11 is 0. The zero-order valence-corrected chi connectivity index (χ0v) is 13.7. The van der Waals surface area contributed by atoms with E-state index in [0.717, 1.165) is 5.56 Å². The Labute approximate surface area is 136 Å². The maximum absolute atomic E-state index is 11.8. The molecule has 0 unspecified atom stereocenters. The van der Waals surface area contributed by atoms with Crippen LogP contribution < -0.4 is 4.74 Å². The Hall–Kier alpha value is -2.55. The summed E-state index contributed by atoms with van der Waals surface area (Å²) in [6.07, 6.45) is 0.377. The Morgan fingerprint density at radius 3 is 2.74 bits per heavy atom. The van der Waals surface area contributed by atoms with Crippen molar-refractivity contribution < 1.29 is 19.1 Å². The molecule has 0 fully saturated rings. The van der Waals surface area contributed by atoms with E-state index in [0.29, 0.717) is 12.3 Å². The molecule has 0 atom stereocenters. The predicted molar refractivity (Wildman–Crippen MR) is 84.7 cm³/mol. The van der Waals surface area contributed by atoms with E-state index in [2.05, 4.69) is 0 Å². The molecule has 1 aromatic carbocycles. The van der Waals surface area contributed by atoms with Gasteiger partial charge in [-0.15, -0.1) is 0 Å². The van der Waals surface area contributed by atoms with Crippen molar-refractivity contribution in [3.8, 4) is 11.8 Å². The van der Waals surface area contributed by atoms with Gasteiger partial charge in [-0.2, -0.15) is 5.26 Å². The number of carbonyl (C=O) groups is 2. The van der Waals surface area contributed by atoms with Gasteiger partial charge in [0.1, 0.15) is 5.75 Å². The monoisotopic (exact) mass is 318 g/mol. The molecule has 0 N–H and O–H groups in total. The van der Waals surface area contributed by atoms with Crippen molar-refractivity contribution in [1.82, 2.24) is 4.90 Å². The maximum Gasteiger partial charge on any atom is 0.310 e. The Balaban J connectivity index is 2.45. The summed E-state index contributed by atoms with van der Waals surface area (Å²) in [7, 11) is 1.57. The van der Waals surface area contributed by atoms with Gasteiger partial charge in [-0.25, -0.2) is 0 Å². The lowest BCUT2D eigenvalue weighted by atomic mass is 10.1. The minimum atomic E-state index is -0.478. The molecule has 6 heteroatoms. The van der Waals surface area contributed by atoms with E-state index in [4.69, 9.17) is 14.7 Å². The number of esters is 1. The predicted octanol–water partition coefficient (Wildman–Crippen LogP) is 1.93. The number of nitrogens with zero attached hydrogens (tertiary/aromatic N) is 2. The molecule has 0 saturated heterocycles. The van der Waals surface area contributed by atoms with E-state index in [9.17, 15) is 9.59 Å². The van der Waals surface area contributed by atoms with Gasteiger partial charge in [-0.1, -0.05) is 12.1 Å². The molecule has 6 nitrogen and oxygen atoms in total. The second-order valence-electron chi connectivity index (χ2n) is 5.37. The molecule has 0 radical (unpaired) electrons. The second-order valence-corrected chi connectivity index (χ2v) is 5.37. The summed E-state index contributed by atoms with van der Waals surface area (Å²) in [6, 6.07) is 9.17. The van der Waals surface area contributed by atoms with Crippen LogP contribution in [0.1, 0.15) is 25.8 Å². The highest BCUT2D eigenvalue weighted by atomic mass is 16.5. The summed E-state index contributed by atoms with van der Waals surface area (Å²) < 4.78 is 10.5. The van der Waals surface area contributed by atoms with Crippen LogP contribution in [-0.4, -0.2) is 43.1 Å². The third-order valence-electron chi connectivity index (χ3n) is 2.96. The van der Waals surface area contributed by atoms with Crippen molar-refractivity contribution in [2.75, 3.05) is 20.2 Å². The van der Waals surface area contributed by atoms with Crippen LogP contribution in [0.2, 0.25) is 0 Å². The first kappa shape index (κ1) is 18.5. The lowest BCUT2D eigenvalue weighted by molar-refractivity contribution is -0.150. The molecular weight excluding hydrogens is 296 g/mol. The number of amides is 1. The van der Waals surface area contributed by atoms with Crippen LogP contribution in [0.3, 0.4) is 0 Å². The van der Waals surface area contributed by atoms with Crippen LogP contribution >= 0.6 is 0 Å². The van der Waals surface area contributed by atoms with Gasteiger partial charge in [0.05, 0.1) is 25.0 Å². The average Bonchev–Trinajstić information content (AvgIpc) is 2.49. The number of carbonyl (C=O) groups excluding carboxylic acids is 2. The molecular formula is C17H22N2O4. The van der Waals surface area contributed by atoms with Crippen LogP contribution in [0.5, 0.6) is 5.75 Å². The fourth-order valence-corrected chi connectivity index (χ4v) is 1.81. The van der Waals surface area contributed by atoms with Crippen LogP contribution in [0.25, 0.3) is 0 Å². The lowest BCUT2D eigenvalue weighted by Crippen LogP contribution is -2.32. The highest BCUT2D eigenvalue weighted by Gasteiger charge is 2.12. The molecule has 0 saturated carbocycles. The highest BCUT2D eigenvalue weighted by Crippen LogP contribution is 2.15. The molecule has 0 aliphatic rings. The summed E-state index contributed by atoms with van der Waals surface area (Å²) in [5.74, 6) is -0.114. The van der Waals surface area contributed by atoms with Gasteiger partial charge in [0.15, 0.2) is 6.61 Å². The van der Waals surface area contributed by atoms with Gasteiger partial charge in [-0.3, -0.25) is 9.59 Å². The summed E-state index contributed by atoms with van der Waals surface area (Å²) in [5, 5.41) is 8.47. The number of rotatable bonds is 8. The number of benzene rings is 1. The zero-order chi connectivity index (χ0) is 17.2. The molecule has 0 aliphatic heterocycles. The normalized spacial score (nSPS) is 10.0. The van der Waals surface area contributed by atoms with E-state index in [1.165, 1.54) is 4.90 Å². The molecule has 0 heterocycles. The van der Waals surface area contributed by atoms with Crippen LogP contribution in [0.15, 0.2) is 24.3 Å². The summed E-state index contributed by atoms with van der Waals surface area (Å²) in [4.78, 5) is 24.9.